The second-order valence-corrected chi connectivity index (χ2v) is 5.50. The van der Waals surface area contributed by atoms with E-state index in [9.17, 15) is 4.79 Å². The monoisotopic (exact) mass is 276 g/mol. The first-order valence-corrected chi connectivity index (χ1v) is 7.94. The Kier molecular flexibility index (Phi) is 8.77. The Bertz CT molecular complexity index is 359. The summed E-state index contributed by atoms with van der Waals surface area (Å²) in [6.45, 7) is 4.86. The van der Waals surface area contributed by atoms with E-state index in [4.69, 9.17) is 4.74 Å². The fourth-order valence-corrected chi connectivity index (χ4v) is 2.28. The Morgan fingerprint density at radius 2 is 1.70 bits per heavy atom. The van der Waals surface area contributed by atoms with E-state index < -0.39 is 0 Å². The van der Waals surface area contributed by atoms with Gasteiger partial charge in [-0.05, 0) is 17.9 Å². The van der Waals surface area contributed by atoms with Gasteiger partial charge in [0, 0.05) is 0 Å². The number of carbonyl (C=O) groups excluding carboxylic acids is 1. The molecule has 2 nitrogen and oxygen atoms in total. The Morgan fingerprint density at radius 1 is 1.05 bits per heavy atom. The number of ether oxygens (including phenoxy) is 1. The van der Waals surface area contributed by atoms with Crippen LogP contribution in [0.1, 0.15) is 70.3 Å². The summed E-state index contributed by atoms with van der Waals surface area (Å²) in [5.74, 6) is 0.156. The third kappa shape index (κ3) is 7.32. The van der Waals surface area contributed by atoms with E-state index in [0.717, 1.165) is 6.42 Å². The molecule has 112 valence electrons. The van der Waals surface area contributed by atoms with Gasteiger partial charge in [0.05, 0.1) is 13.0 Å². The average molecular weight is 276 g/mol. The molecule has 0 aliphatic carbocycles. The number of unbranched alkanes of at least 4 members (excludes halogenated alkanes) is 5. The lowest BCUT2D eigenvalue weighted by molar-refractivity contribution is -0.144. The third-order valence-electron chi connectivity index (χ3n) is 3.60. The summed E-state index contributed by atoms with van der Waals surface area (Å²) < 4.78 is 5.30. The minimum atomic E-state index is -0.0742. The molecule has 1 atom stereocenters. The van der Waals surface area contributed by atoms with Crippen molar-refractivity contribution in [3.63, 3.8) is 0 Å². The van der Waals surface area contributed by atoms with Crippen LogP contribution in [0.5, 0.6) is 0 Å². The van der Waals surface area contributed by atoms with E-state index in [0.29, 0.717) is 13.0 Å². The van der Waals surface area contributed by atoms with Crippen molar-refractivity contribution in [3.8, 4) is 0 Å². The molecule has 0 fully saturated rings. The molecule has 20 heavy (non-hydrogen) atoms. The average Bonchev–Trinajstić information content (AvgIpc) is 2.47. The molecule has 0 heterocycles. The lowest BCUT2D eigenvalue weighted by atomic mass is 9.98. The maximum atomic E-state index is 11.7. The fourth-order valence-electron chi connectivity index (χ4n) is 2.28. The molecule has 0 radical (unpaired) electrons. The molecule has 1 aromatic carbocycles. The van der Waals surface area contributed by atoms with Crippen LogP contribution < -0.4 is 0 Å². The molecule has 1 aromatic rings. The maximum Gasteiger partial charge on any atom is 0.306 e. The Hall–Kier alpha value is -1.31. The van der Waals surface area contributed by atoms with Gasteiger partial charge in [-0.3, -0.25) is 4.79 Å². The molecular weight excluding hydrogens is 248 g/mol. The number of benzene rings is 1. The van der Waals surface area contributed by atoms with Crippen molar-refractivity contribution in [1.29, 1.82) is 0 Å². The number of hydrogen-bond acceptors (Lipinski definition) is 2. The molecule has 0 N–H and O–H groups in total. The van der Waals surface area contributed by atoms with Crippen LogP contribution in [-0.4, -0.2) is 12.6 Å². The standard InChI is InChI=1S/C18H28O2/c1-3-4-5-6-7-11-14-20-18(19)15-16(2)17-12-9-8-10-13-17/h8-10,12-13,16H,3-7,11,14-15H2,1-2H3. The predicted octanol–water partition coefficient (Wildman–Crippen LogP) is 5.08. The van der Waals surface area contributed by atoms with Crippen LogP contribution in [0.4, 0.5) is 0 Å². The highest BCUT2D eigenvalue weighted by Crippen LogP contribution is 2.18. The summed E-state index contributed by atoms with van der Waals surface area (Å²) in [7, 11) is 0. The van der Waals surface area contributed by atoms with Gasteiger partial charge in [0.2, 0.25) is 0 Å². The summed E-state index contributed by atoms with van der Waals surface area (Å²) in [4.78, 5) is 11.7. The van der Waals surface area contributed by atoms with Gasteiger partial charge in [0.15, 0.2) is 0 Å². The summed E-state index contributed by atoms with van der Waals surface area (Å²) in [5, 5.41) is 0. The summed E-state index contributed by atoms with van der Waals surface area (Å²) in [5.41, 5.74) is 1.20. The SMILES string of the molecule is CCCCCCCCOC(=O)CC(C)c1ccccc1. The van der Waals surface area contributed by atoms with Crippen molar-refractivity contribution in [1.82, 2.24) is 0 Å². The van der Waals surface area contributed by atoms with Crippen LogP contribution >= 0.6 is 0 Å². The van der Waals surface area contributed by atoms with E-state index in [-0.39, 0.29) is 11.9 Å². The Balaban J connectivity index is 2.08. The Morgan fingerprint density at radius 3 is 2.40 bits per heavy atom. The quantitative estimate of drug-likeness (QED) is 0.440. The summed E-state index contributed by atoms with van der Waals surface area (Å²) >= 11 is 0. The lowest BCUT2D eigenvalue weighted by Crippen LogP contribution is -2.09. The van der Waals surface area contributed by atoms with E-state index in [2.05, 4.69) is 26.0 Å². The molecule has 0 bridgehead atoms. The minimum absolute atomic E-state index is 0.0742. The van der Waals surface area contributed by atoms with Gasteiger partial charge in [-0.25, -0.2) is 0 Å². The van der Waals surface area contributed by atoms with Crippen LogP contribution in [0.2, 0.25) is 0 Å². The van der Waals surface area contributed by atoms with E-state index in [1.165, 1.54) is 37.7 Å². The molecule has 0 spiro atoms. The fraction of sp³-hybridized carbons (Fsp3) is 0.611. The molecule has 0 saturated heterocycles. The molecular formula is C18H28O2. The van der Waals surface area contributed by atoms with Gasteiger partial charge < -0.3 is 4.74 Å². The van der Waals surface area contributed by atoms with Crippen molar-refractivity contribution in [2.24, 2.45) is 0 Å². The first-order chi connectivity index (χ1) is 9.74. The highest BCUT2D eigenvalue weighted by atomic mass is 16.5. The maximum absolute atomic E-state index is 11.7. The van der Waals surface area contributed by atoms with Gasteiger partial charge in [-0.15, -0.1) is 0 Å². The molecule has 0 amide bonds. The zero-order chi connectivity index (χ0) is 14.6. The molecule has 1 rings (SSSR count). The highest BCUT2D eigenvalue weighted by Gasteiger charge is 2.11. The zero-order valence-electron chi connectivity index (χ0n) is 12.9. The van der Waals surface area contributed by atoms with Crippen molar-refractivity contribution >= 4 is 5.97 Å². The second kappa shape index (κ2) is 10.5. The predicted molar refractivity (Wildman–Crippen MR) is 83.8 cm³/mol. The van der Waals surface area contributed by atoms with Crippen molar-refractivity contribution in [2.75, 3.05) is 6.61 Å². The van der Waals surface area contributed by atoms with Crippen molar-refractivity contribution < 1.29 is 9.53 Å². The topological polar surface area (TPSA) is 26.3 Å². The lowest BCUT2D eigenvalue weighted by Gasteiger charge is -2.11. The number of carbonyl (C=O) groups is 1. The number of rotatable bonds is 10. The van der Waals surface area contributed by atoms with E-state index in [1.54, 1.807) is 0 Å². The van der Waals surface area contributed by atoms with Crippen LogP contribution in [0.25, 0.3) is 0 Å². The normalized spacial score (nSPS) is 12.1. The summed E-state index contributed by atoms with van der Waals surface area (Å²) in [6, 6.07) is 10.1. The van der Waals surface area contributed by atoms with Crippen molar-refractivity contribution in [3.05, 3.63) is 35.9 Å². The molecule has 0 saturated carbocycles. The molecule has 1 unspecified atom stereocenters. The van der Waals surface area contributed by atoms with Gasteiger partial charge in [0.1, 0.15) is 0 Å². The van der Waals surface area contributed by atoms with E-state index in [1.807, 2.05) is 18.2 Å². The zero-order valence-corrected chi connectivity index (χ0v) is 12.9. The summed E-state index contributed by atoms with van der Waals surface area (Å²) in [6.07, 6.45) is 7.78. The van der Waals surface area contributed by atoms with Crippen molar-refractivity contribution in [2.45, 2.75) is 64.7 Å². The number of hydrogen-bond donors (Lipinski definition) is 0. The van der Waals surface area contributed by atoms with Crippen LogP contribution in [0.3, 0.4) is 0 Å². The minimum Gasteiger partial charge on any atom is -0.466 e. The molecule has 0 aromatic heterocycles. The second-order valence-electron chi connectivity index (χ2n) is 5.50. The molecule has 2 heteroatoms. The molecule has 0 aliphatic heterocycles. The van der Waals surface area contributed by atoms with E-state index >= 15 is 0 Å². The van der Waals surface area contributed by atoms with Gasteiger partial charge >= 0.3 is 5.97 Å². The van der Waals surface area contributed by atoms with Crippen LogP contribution in [-0.2, 0) is 9.53 Å². The Labute approximate surface area is 123 Å². The van der Waals surface area contributed by atoms with Gasteiger partial charge in [0.25, 0.3) is 0 Å². The first kappa shape index (κ1) is 16.7. The van der Waals surface area contributed by atoms with Gasteiger partial charge in [-0.2, -0.15) is 0 Å². The number of esters is 1. The van der Waals surface area contributed by atoms with Crippen LogP contribution in [0, 0.1) is 0 Å². The molecule has 0 aliphatic rings. The van der Waals surface area contributed by atoms with Crippen LogP contribution in [0.15, 0.2) is 30.3 Å². The third-order valence-corrected chi connectivity index (χ3v) is 3.60. The largest absolute Gasteiger partial charge is 0.466 e. The smallest absolute Gasteiger partial charge is 0.306 e. The highest BCUT2D eigenvalue weighted by molar-refractivity contribution is 5.70. The van der Waals surface area contributed by atoms with Gasteiger partial charge in [-0.1, -0.05) is 76.3 Å². The first-order valence-electron chi connectivity index (χ1n) is 7.94.